The monoisotopic (exact) mass is 430 g/mol. The van der Waals surface area contributed by atoms with Crippen molar-refractivity contribution >= 4 is 5.97 Å². The van der Waals surface area contributed by atoms with Gasteiger partial charge in [-0.05, 0) is 103 Å². The lowest BCUT2D eigenvalue weighted by molar-refractivity contribution is -0.156. The summed E-state index contributed by atoms with van der Waals surface area (Å²) in [4.78, 5) is 11.9. The van der Waals surface area contributed by atoms with Crippen LogP contribution >= 0.6 is 0 Å². The Morgan fingerprint density at radius 2 is 1.68 bits per heavy atom. The molecule has 0 aromatic heterocycles. The number of aliphatic carboxylic acids is 1. The molecule has 0 aliphatic heterocycles. The van der Waals surface area contributed by atoms with Crippen LogP contribution in [-0.2, 0) is 4.79 Å². The summed E-state index contributed by atoms with van der Waals surface area (Å²) in [5.74, 6) is 5.38. The molecule has 2 unspecified atom stereocenters. The van der Waals surface area contributed by atoms with Crippen LogP contribution in [0.1, 0.15) is 118 Å². The van der Waals surface area contributed by atoms with Crippen LogP contribution in [0.3, 0.4) is 0 Å². The molecule has 0 spiro atoms. The number of carbonyl (C=O) groups is 1. The van der Waals surface area contributed by atoms with E-state index >= 15 is 0 Å². The van der Waals surface area contributed by atoms with Gasteiger partial charge in [-0.1, -0.05) is 66.7 Å². The van der Waals surface area contributed by atoms with E-state index in [0.717, 1.165) is 35.5 Å². The van der Waals surface area contributed by atoms with E-state index in [0.29, 0.717) is 29.1 Å². The minimum atomic E-state index is -0.549. The highest BCUT2D eigenvalue weighted by Crippen LogP contribution is 2.69. The summed E-state index contributed by atoms with van der Waals surface area (Å²) in [7, 11) is 0. The third-order valence-corrected chi connectivity index (χ3v) is 11.4. The van der Waals surface area contributed by atoms with Crippen molar-refractivity contribution in [3.63, 3.8) is 0 Å². The van der Waals surface area contributed by atoms with Crippen molar-refractivity contribution in [1.82, 2.24) is 0 Å². The van der Waals surface area contributed by atoms with Crippen LogP contribution in [0.15, 0.2) is 0 Å². The zero-order valence-electron chi connectivity index (χ0n) is 21.2. The van der Waals surface area contributed by atoms with E-state index in [1.165, 1.54) is 77.0 Å². The van der Waals surface area contributed by atoms with Crippen molar-refractivity contribution < 1.29 is 9.90 Å². The fourth-order valence-corrected chi connectivity index (χ4v) is 9.92. The lowest BCUT2D eigenvalue weighted by Crippen LogP contribution is -2.56. The van der Waals surface area contributed by atoms with Gasteiger partial charge in [-0.2, -0.15) is 0 Å². The first kappa shape index (κ1) is 23.6. The molecule has 178 valence electrons. The van der Waals surface area contributed by atoms with Crippen molar-refractivity contribution in [2.75, 3.05) is 0 Å². The molecule has 0 saturated heterocycles. The molecule has 4 fully saturated rings. The molecule has 0 heterocycles. The summed E-state index contributed by atoms with van der Waals surface area (Å²) in [6, 6.07) is 0. The van der Waals surface area contributed by atoms with Gasteiger partial charge in [0.2, 0.25) is 0 Å². The van der Waals surface area contributed by atoms with Gasteiger partial charge in [-0.15, -0.1) is 0 Å². The molecule has 31 heavy (non-hydrogen) atoms. The van der Waals surface area contributed by atoms with E-state index in [4.69, 9.17) is 0 Å². The van der Waals surface area contributed by atoms with Gasteiger partial charge >= 0.3 is 5.97 Å². The molecule has 0 bridgehead atoms. The molecular formula is C29H50O2. The Labute approximate surface area is 192 Å². The largest absolute Gasteiger partial charge is 0.481 e. The average Bonchev–Trinajstić information content (AvgIpc) is 3.04. The maximum Gasteiger partial charge on any atom is 0.303 e. The van der Waals surface area contributed by atoms with Crippen LogP contribution < -0.4 is 0 Å². The van der Waals surface area contributed by atoms with Crippen LogP contribution in [0.4, 0.5) is 0 Å². The van der Waals surface area contributed by atoms with Crippen LogP contribution in [0.5, 0.6) is 0 Å². The third kappa shape index (κ3) is 4.23. The van der Waals surface area contributed by atoms with Gasteiger partial charge in [0.25, 0.3) is 0 Å². The third-order valence-electron chi connectivity index (χ3n) is 11.4. The zero-order valence-corrected chi connectivity index (χ0v) is 21.2. The van der Waals surface area contributed by atoms with Gasteiger partial charge in [-0.25, -0.2) is 0 Å². The topological polar surface area (TPSA) is 37.3 Å². The van der Waals surface area contributed by atoms with Crippen LogP contribution in [0, 0.1) is 58.2 Å². The molecule has 2 heteroatoms. The Morgan fingerprint density at radius 3 is 2.39 bits per heavy atom. The number of carboxylic acids is 1. The number of carboxylic acid groups (broad SMARTS) is 1. The predicted octanol–water partition coefficient (Wildman–Crippen LogP) is 8.20. The van der Waals surface area contributed by atoms with Gasteiger partial charge in [0.15, 0.2) is 0 Å². The van der Waals surface area contributed by atoms with E-state index in [1.807, 2.05) is 0 Å². The zero-order chi connectivity index (χ0) is 22.4. The fourth-order valence-electron chi connectivity index (χ4n) is 9.92. The van der Waals surface area contributed by atoms with Gasteiger partial charge < -0.3 is 5.11 Å². The highest BCUT2D eigenvalue weighted by Gasteiger charge is 2.62. The Morgan fingerprint density at radius 1 is 0.935 bits per heavy atom. The van der Waals surface area contributed by atoms with Crippen LogP contribution in [-0.4, -0.2) is 11.1 Å². The Balaban J connectivity index is 1.57. The summed E-state index contributed by atoms with van der Waals surface area (Å²) in [6.45, 7) is 12.5. The molecule has 4 aliphatic carbocycles. The number of rotatable bonds is 7. The predicted molar refractivity (Wildman–Crippen MR) is 129 cm³/mol. The molecule has 4 saturated carbocycles. The fraction of sp³-hybridized carbons (Fsp3) is 0.966. The highest BCUT2D eigenvalue weighted by atomic mass is 16.4. The molecule has 0 aromatic carbocycles. The van der Waals surface area contributed by atoms with E-state index in [-0.39, 0.29) is 0 Å². The smallest absolute Gasteiger partial charge is 0.303 e. The Kier molecular flexibility index (Phi) is 6.87. The summed E-state index contributed by atoms with van der Waals surface area (Å²) in [5, 5.41) is 9.80. The lowest BCUT2D eigenvalue weighted by Gasteiger charge is -2.63. The van der Waals surface area contributed by atoms with Crippen molar-refractivity contribution in [3.8, 4) is 0 Å². The molecule has 2 nitrogen and oxygen atoms in total. The average molecular weight is 431 g/mol. The maximum absolute atomic E-state index is 11.9. The second-order valence-corrected chi connectivity index (χ2v) is 13.4. The molecule has 0 aromatic rings. The first-order valence-electron chi connectivity index (χ1n) is 13.9. The van der Waals surface area contributed by atoms with Gasteiger partial charge in [0, 0.05) is 6.42 Å². The van der Waals surface area contributed by atoms with E-state index < -0.39 is 5.97 Å². The molecular weight excluding hydrogens is 380 g/mol. The number of hydrogen-bond donors (Lipinski definition) is 1. The second-order valence-electron chi connectivity index (χ2n) is 13.4. The van der Waals surface area contributed by atoms with Crippen LogP contribution in [0.2, 0.25) is 0 Å². The summed E-state index contributed by atoms with van der Waals surface area (Å²) >= 11 is 0. The highest BCUT2D eigenvalue weighted by molar-refractivity contribution is 5.67. The minimum Gasteiger partial charge on any atom is -0.481 e. The SMILES string of the molecule is CC(C)CCC[C@@H](C)[C@H]1CC[C@H]2[C@@H]3C(CC(=O)O)CC4CCCC[C@]4(C)[C@H]3CC[C@]12C. The Hall–Kier alpha value is -0.530. The van der Waals surface area contributed by atoms with Crippen molar-refractivity contribution in [2.45, 2.75) is 118 Å². The first-order valence-corrected chi connectivity index (χ1v) is 13.9. The summed E-state index contributed by atoms with van der Waals surface area (Å²) in [6.07, 6.45) is 16.8. The van der Waals surface area contributed by atoms with E-state index in [2.05, 4.69) is 34.6 Å². The summed E-state index contributed by atoms with van der Waals surface area (Å²) < 4.78 is 0. The lowest BCUT2D eigenvalue weighted by atomic mass is 9.42. The Bertz CT molecular complexity index is 641. The molecule has 1 N–H and O–H groups in total. The van der Waals surface area contributed by atoms with E-state index in [1.54, 1.807) is 0 Å². The number of hydrogen-bond acceptors (Lipinski definition) is 1. The first-order chi connectivity index (χ1) is 14.7. The van der Waals surface area contributed by atoms with Crippen LogP contribution in [0.25, 0.3) is 0 Å². The summed E-state index contributed by atoms with van der Waals surface area (Å²) in [5.41, 5.74) is 0.938. The molecule has 0 radical (unpaired) electrons. The number of fused-ring (bicyclic) bond motifs is 5. The molecule has 4 rings (SSSR count). The minimum absolute atomic E-state index is 0.426. The van der Waals surface area contributed by atoms with Gasteiger partial charge in [0.1, 0.15) is 0 Å². The molecule has 0 amide bonds. The van der Waals surface area contributed by atoms with Crippen molar-refractivity contribution in [2.24, 2.45) is 58.2 Å². The second kappa shape index (κ2) is 9.02. The van der Waals surface area contributed by atoms with Gasteiger partial charge in [-0.3, -0.25) is 4.79 Å². The van der Waals surface area contributed by atoms with E-state index in [9.17, 15) is 9.90 Å². The molecule has 4 aliphatic rings. The quantitative estimate of drug-likeness (QED) is 0.442. The standard InChI is InChI=1S/C29H50O2/c1-19(2)9-8-10-20(3)23-12-13-24-27-21(18-26(30)31)17-22-11-6-7-15-28(22,4)25(27)14-16-29(23,24)5/h19-25,27H,6-18H2,1-5H3,(H,30,31)/t20-,21?,22?,23-,24+,25+,27+,28+,29-/m1/s1. The molecule has 9 atom stereocenters. The van der Waals surface area contributed by atoms with Crippen molar-refractivity contribution in [3.05, 3.63) is 0 Å². The normalized spacial score (nSPS) is 45.6. The van der Waals surface area contributed by atoms with Crippen molar-refractivity contribution in [1.29, 1.82) is 0 Å². The van der Waals surface area contributed by atoms with Gasteiger partial charge in [0.05, 0.1) is 0 Å². The maximum atomic E-state index is 11.9.